The van der Waals surface area contributed by atoms with Gasteiger partial charge in [-0.25, -0.2) is 18.9 Å². The SMILES string of the molecule is Cc1ccc(C(=O)Cc2cn3nc(-c4c(-c5ccc(F)cc5)nc5ccccn45)ccc3n2)nc1. The second kappa shape index (κ2) is 8.25. The minimum atomic E-state index is -0.306. The van der Waals surface area contributed by atoms with Crippen LogP contribution in [0.4, 0.5) is 4.39 Å². The number of halogens is 1. The number of aromatic nitrogens is 6. The van der Waals surface area contributed by atoms with Gasteiger partial charge in [-0.1, -0.05) is 12.1 Å². The van der Waals surface area contributed by atoms with Crippen LogP contribution in [0.3, 0.4) is 0 Å². The zero-order valence-electron chi connectivity index (χ0n) is 18.8. The van der Waals surface area contributed by atoms with E-state index in [0.29, 0.717) is 28.4 Å². The van der Waals surface area contributed by atoms with Gasteiger partial charge in [0.05, 0.1) is 24.0 Å². The highest BCUT2D eigenvalue weighted by Crippen LogP contribution is 2.32. The van der Waals surface area contributed by atoms with Crippen molar-refractivity contribution in [1.29, 1.82) is 0 Å². The molecule has 0 atom stereocenters. The molecule has 0 N–H and O–H groups in total. The van der Waals surface area contributed by atoms with Crippen LogP contribution in [0, 0.1) is 12.7 Å². The molecule has 5 heterocycles. The largest absolute Gasteiger partial charge is 0.298 e. The molecular weight excluding hydrogens is 443 g/mol. The number of carbonyl (C=O) groups excluding carboxylic acids is 1. The molecule has 1 aromatic carbocycles. The van der Waals surface area contributed by atoms with Crippen LogP contribution in [0.25, 0.3) is 33.9 Å². The number of aryl methyl sites for hydroxylation is 1. The molecule has 0 radical (unpaired) electrons. The number of fused-ring (bicyclic) bond motifs is 2. The standard InChI is InChI=1S/C27H19FN6O/c1-17-5-10-21(29-15-17)23(35)14-20-16-34-25(30-20)12-11-22(32-34)27-26(18-6-8-19(28)9-7-18)31-24-4-2-3-13-33(24)27/h2-13,15-16H,14H2,1H3. The number of nitrogens with zero attached hydrogens (tertiary/aromatic N) is 6. The number of imidazole rings is 2. The Morgan fingerprint density at radius 3 is 2.60 bits per heavy atom. The van der Waals surface area contributed by atoms with Gasteiger partial charge >= 0.3 is 0 Å². The van der Waals surface area contributed by atoms with Crippen molar-refractivity contribution in [1.82, 2.24) is 29.0 Å². The van der Waals surface area contributed by atoms with Crippen LogP contribution in [-0.4, -0.2) is 34.7 Å². The predicted molar refractivity (Wildman–Crippen MR) is 130 cm³/mol. The summed E-state index contributed by atoms with van der Waals surface area (Å²) in [5.41, 5.74) is 6.35. The molecule has 0 aliphatic carbocycles. The maximum absolute atomic E-state index is 13.5. The smallest absolute Gasteiger partial charge is 0.187 e. The lowest BCUT2D eigenvalue weighted by atomic mass is 10.1. The molecular formula is C27H19FN6O. The van der Waals surface area contributed by atoms with Crippen molar-refractivity contribution in [2.45, 2.75) is 13.3 Å². The molecule has 0 fully saturated rings. The van der Waals surface area contributed by atoms with Gasteiger partial charge in [-0.2, -0.15) is 5.10 Å². The minimum Gasteiger partial charge on any atom is -0.298 e. The molecule has 6 rings (SSSR count). The summed E-state index contributed by atoms with van der Waals surface area (Å²) in [4.78, 5) is 26.2. The molecule has 0 saturated carbocycles. The highest BCUT2D eigenvalue weighted by Gasteiger charge is 2.18. The van der Waals surface area contributed by atoms with Crippen LogP contribution in [-0.2, 0) is 6.42 Å². The van der Waals surface area contributed by atoms with E-state index in [9.17, 15) is 9.18 Å². The monoisotopic (exact) mass is 462 g/mol. The first-order chi connectivity index (χ1) is 17.0. The highest BCUT2D eigenvalue weighted by atomic mass is 19.1. The van der Waals surface area contributed by atoms with E-state index in [4.69, 9.17) is 10.1 Å². The van der Waals surface area contributed by atoms with Crippen molar-refractivity contribution in [3.63, 3.8) is 0 Å². The van der Waals surface area contributed by atoms with Gasteiger partial charge in [-0.05, 0) is 67.1 Å². The van der Waals surface area contributed by atoms with Crippen molar-refractivity contribution in [3.05, 3.63) is 108 Å². The molecule has 8 heteroatoms. The molecule has 35 heavy (non-hydrogen) atoms. The predicted octanol–water partition coefficient (Wildman–Crippen LogP) is 4.98. The van der Waals surface area contributed by atoms with E-state index in [1.165, 1.54) is 12.1 Å². The van der Waals surface area contributed by atoms with E-state index in [-0.39, 0.29) is 18.0 Å². The number of Topliss-reactive ketones (excluding diaryl/α,β-unsaturated/α-hetero) is 1. The van der Waals surface area contributed by atoms with Gasteiger partial charge in [0.25, 0.3) is 0 Å². The Morgan fingerprint density at radius 2 is 1.80 bits per heavy atom. The van der Waals surface area contributed by atoms with Crippen molar-refractivity contribution >= 4 is 17.1 Å². The molecule has 0 spiro atoms. The fourth-order valence-electron chi connectivity index (χ4n) is 4.08. The number of ketones is 1. The summed E-state index contributed by atoms with van der Waals surface area (Å²) >= 11 is 0. The summed E-state index contributed by atoms with van der Waals surface area (Å²) < 4.78 is 17.2. The van der Waals surface area contributed by atoms with Crippen molar-refractivity contribution in [2.75, 3.05) is 0 Å². The Morgan fingerprint density at radius 1 is 0.943 bits per heavy atom. The Labute approximate surface area is 199 Å². The first-order valence-corrected chi connectivity index (χ1v) is 11.1. The number of rotatable bonds is 5. The average Bonchev–Trinajstić information content (AvgIpc) is 3.45. The number of hydrogen-bond donors (Lipinski definition) is 0. The van der Waals surface area contributed by atoms with Crippen molar-refractivity contribution in [2.24, 2.45) is 0 Å². The Bertz CT molecular complexity index is 1700. The summed E-state index contributed by atoms with van der Waals surface area (Å²) in [6, 6.07) is 19.3. The van der Waals surface area contributed by atoms with Crippen LogP contribution in [0.1, 0.15) is 21.7 Å². The second-order valence-corrected chi connectivity index (χ2v) is 8.32. The van der Waals surface area contributed by atoms with Crippen LogP contribution >= 0.6 is 0 Å². The van der Waals surface area contributed by atoms with Gasteiger partial charge in [0.1, 0.15) is 28.5 Å². The number of pyridine rings is 2. The van der Waals surface area contributed by atoms with Crippen LogP contribution in [0.15, 0.2) is 85.3 Å². The lowest BCUT2D eigenvalue weighted by Gasteiger charge is -2.05. The molecule has 0 bridgehead atoms. The third-order valence-electron chi connectivity index (χ3n) is 5.80. The third kappa shape index (κ3) is 3.85. The minimum absolute atomic E-state index is 0.103. The molecule has 170 valence electrons. The molecule has 6 aromatic rings. The van der Waals surface area contributed by atoms with E-state index in [0.717, 1.165) is 22.5 Å². The third-order valence-corrected chi connectivity index (χ3v) is 5.80. The lowest BCUT2D eigenvalue weighted by Crippen LogP contribution is -2.06. The first-order valence-electron chi connectivity index (χ1n) is 11.1. The van der Waals surface area contributed by atoms with Crippen LogP contribution in [0.2, 0.25) is 0 Å². The fraction of sp³-hybridized carbons (Fsp3) is 0.0741. The van der Waals surface area contributed by atoms with E-state index in [1.54, 1.807) is 35.1 Å². The summed E-state index contributed by atoms with van der Waals surface area (Å²) in [5.74, 6) is -0.408. The Balaban J connectivity index is 1.41. The lowest BCUT2D eigenvalue weighted by molar-refractivity contribution is 0.0987. The molecule has 0 unspecified atom stereocenters. The molecule has 0 aliphatic heterocycles. The topological polar surface area (TPSA) is 77.5 Å². The zero-order chi connectivity index (χ0) is 23.9. The second-order valence-electron chi connectivity index (χ2n) is 8.32. The van der Waals surface area contributed by atoms with Crippen molar-refractivity contribution in [3.8, 4) is 22.6 Å². The Kier molecular flexibility index (Phi) is 4.92. The molecule has 7 nitrogen and oxygen atoms in total. The van der Waals surface area contributed by atoms with Crippen molar-refractivity contribution < 1.29 is 9.18 Å². The normalized spacial score (nSPS) is 11.4. The van der Waals surface area contributed by atoms with Gasteiger partial charge in [-0.15, -0.1) is 0 Å². The summed E-state index contributed by atoms with van der Waals surface area (Å²) in [5, 5.41) is 4.78. The Hall–Kier alpha value is -4.72. The van der Waals surface area contributed by atoms with Gasteiger partial charge in [0, 0.05) is 18.0 Å². The quantitative estimate of drug-likeness (QED) is 0.338. The zero-order valence-corrected chi connectivity index (χ0v) is 18.8. The first kappa shape index (κ1) is 20.9. The fourth-order valence-corrected chi connectivity index (χ4v) is 4.08. The molecule has 0 saturated heterocycles. The van der Waals surface area contributed by atoms with Crippen LogP contribution < -0.4 is 0 Å². The van der Waals surface area contributed by atoms with E-state index in [1.807, 2.05) is 53.9 Å². The van der Waals surface area contributed by atoms with Gasteiger partial charge in [0.2, 0.25) is 0 Å². The number of benzene rings is 1. The van der Waals surface area contributed by atoms with Gasteiger partial charge < -0.3 is 0 Å². The number of hydrogen-bond acceptors (Lipinski definition) is 5. The molecule has 5 aromatic heterocycles. The maximum atomic E-state index is 13.5. The molecule has 0 amide bonds. The summed E-state index contributed by atoms with van der Waals surface area (Å²) in [7, 11) is 0. The summed E-state index contributed by atoms with van der Waals surface area (Å²) in [6.07, 6.45) is 5.49. The average molecular weight is 462 g/mol. The van der Waals surface area contributed by atoms with Crippen LogP contribution in [0.5, 0.6) is 0 Å². The molecule has 0 aliphatic rings. The van der Waals surface area contributed by atoms with E-state index in [2.05, 4.69) is 9.97 Å². The van der Waals surface area contributed by atoms with Gasteiger partial charge in [-0.3, -0.25) is 14.2 Å². The maximum Gasteiger partial charge on any atom is 0.187 e. The van der Waals surface area contributed by atoms with Gasteiger partial charge in [0.15, 0.2) is 11.4 Å². The summed E-state index contributed by atoms with van der Waals surface area (Å²) in [6.45, 7) is 1.93. The highest BCUT2D eigenvalue weighted by molar-refractivity contribution is 5.95. The van der Waals surface area contributed by atoms with E-state index >= 15 is 0 Å². The van der Waals surface area contributed by atoms with E-state index < -0.39 is 0 Å². The number of carbonyl (C=O) groups is 1.